The summed E-state index contributed by atoms with van der Waals surface area (Å²) in [7, 11) is 0. The van der Waals surface area contributed by atoms with Crippen LogP contribution < -0.4 is 5.32 Å². The third-order valence-corrected chi connectivity index (χ3v) is 5.57. The van der Waals surface area contributed by atoms with Gasteiger partial charge in [0, 0.05) is 30.3 Å². The summed E-state index contributed by atoms with van der Waals surface area (Å²) in [6, 6.07) is 27.0. The van der Waals surface area contributed by atoms with E-state index in [1.807, 2.05) is 48.5 Å². The molecule has 2 atom stereocenters. The van der Waals surface area contributed by atoms with Crippen LogP contribution in [-0.2, 0) is 0 Å². The lowest BCUT2D eigenvalue weighted by atomic mass is 9.88. The Hall–Kier alpha value is -3.24. The fourth-order valence-electron chi connectivity index (χ4n) is 4.05. The van der Waals surface area contributed by atoms with Crippen molar-refractivity contribution in [3.8, 4) is 22.8 Å². The summed E-state index contributed by atoms with van der Waals surface area (Å²) < 4.78 is 6.34. The Bertz CT molecular complexity index is 1050. The van der Waals surface area contributed by atoms with Crippen molar-refractivity contribution in [1.29, 1.82) is 0 Å². The molecule has 0 radical (unpaired) electrons. The molecule has 4 nitrogen and oxygen atoms in total. The molecule has 0 saturated carbocycles. The van der Waals surface area contributed by atoms with Gasteiger partial charge in [-0.2, -0.15) is 0 Å². The largest absolute Gasteiger partial charge is 0.440 e. The van der Waals surface area contributed by atoms with Gasteiger partial charge in [-0.1, -0.05) is 54.6 Å². The van der Waals surface area contributed by atoms with Crippen LogP contribution in [0.25, 0.3) is 22.8 Å². The summed E-state index contributed by atoms with van der Waals surface area (Å²) in [5.41, 5.74) is 4.05. The van der Waals surface area contributed by atoms with Gasteiger partial charge < -0.3 is 9.73 Å². The Morgan fingerprint density at radius 1 is 0.828 bits per heavy atom. The third-order valence-electron chi connectivity index (χ3n) is 5.57. The summed E-state index contributed by atoms with van der Waals surface area (Å²) in [5, 5.41) is 3.70. The number of benzene rings is 2. The Morgan fingerprint density at radius 3 is 2.28 bits per heavy atom. The number of hydrogen-bond donors (Lipinski definition) is 1. The molecule has 1 fully saturated rings. The molecule has 2 unspecified atom stereocenters. The molecule has 0 spiro atoms. The highest BCUT2D eigenvalue weighted by Crippen LogP contribution is 2.38. The van der Waals surface area contributed by atoms with Crippen molar-refractivity contribution in [3.05, 3.63) is 96.4 Å². The maximum atomic E-state index is 6.34. The Labute approximate surface area is 170 Å². The molecule has 1 N–H and O–H groups in total. The zero-order chi connectivity index (χ0) is 19.5. The molecular weight excluding hydrogens is 358 g/mol. The number of rotatable bonds is 4. The standard InChI is InChI=1S/C25H23N3O/c1-3-9-18(10-4-1)21-15-14-20(17-27-21)24-23(22-13-7-8-16-26-22)28-25(29-24)19-11-5-2-6-12-19/h1-13,16,20-21,27H,14-15,17H2. The van der Waals surface area contributed by atoms with Crippen molar-refractivity contribution in [3.63, 3.8) is 0 Å². The summed E-state index contributed by atoms with van der Waals surface area (Å²) >= 11 is 0. The van der Waals surface area contributed by atoms with Gasteiger partial charge in [0.1, 0.15) is 11.5 Å². The van der Waals surface area contributed by atoms with Gasteiger partial charge in [-0.3, -0.25) is 4.98 Å². The van der Waals surface area contributed by atoms with Gasteiger partial charge in [0.15, 0.2) is 0 Å². The van der Waals surface area contributed by atoms with Crippen molar-refractivity contribution >= 4 is 0 Å². The van der Waals surface area contributed by atoms with E-state index in [0.29, 0.717) is 11.9 Å². The Morgan fingerprint density at radius 2 is 1.59 bits per heavy atom. The van der Waals surface area contributed by atoms with E-state index in [0.717, 1.165) is 42.1 Å². The van der Waals surface area contributed by atoms with Gasteiger partial charge in [-0.25, -0.2) is 4.98 Å². The van der Waals surface area contributed by atoms with Crippen LogP contribution in [0.4, 0.5) is 0 Å². The number of piperidine rings is 1. The Balaban J connectivity index is 1.45. The topological polar surface area (TPSA) is 51.0 Å². The molecule has 2 aromatic heterocycles. The van der Waals surface area contributed by atoms with Crippen molar-refractivity contribution in [2.75, 3.05) is 6.54 Å². The molecule has 0 amide bonds. The van der Waals surface area contributed by atoms with E-state index in [2.05, 4.69) is 40.6 Å². The molecule has 29 heavy (non-hydrogen) atoms. The first-order chi connectivity index (χ1) is 14.4. The van der Waals surface area contributed by atoms with Gasteiger partial charge >= 0.3 is 0 Å². The predicted molar refractivity (Wildman–Crippen MR) is 114 cm³/mol. The first-order valence-corrected chi connectivity index (χ1v) is 10.1. The molecule has 2 aromatic carbocycles. The van der Waals surface area contributed by atoms with E-state index in [-0.39, 0.29) is 5.92 Å². The van der Waals surface area contributed by atoms with Gasteiger partial charge in [0.05, 0.1) is 5.69 Å². The van der Waals surface area contributed by atoms with Crippen LogP contribution in [-0.4, -0.2) is 16.5 Å². The summed E-state index contributed by atoms with van der Waals surface area (Å²) in [5.74, 6) is 1.87. The molecule has 1 aliphatic rings. The third kappa shape index (κ3) is 3.71. The number of nitrogens with zero attached hydrogens (tertiary/aromatic N) is 2. The molecule has 4 heteroatoms. The zero-order valence-corrected chi connectivity index (χ0v) is 16.2. The van der Waals surface area contributed by atoms with Crippen molar-refractivity contribution in [2.45, 2.75) is 24.8 Å². The molecule has 144 valence electrons. The average Bonchev–Trinajstić information content (AvgIpc) is 3.27. The van der Waals surface area contributed by atoms with Crippen molar-refractivity contribution < 1.29 is 4.42 Å². The van der Waals surface area contributed by atoms with Gasteiger partial charge in [0.25, 0.3) is 0 Å². The van der Waals surface area contributed by atoms with Crippen LogP contribution in [0, 0.1) is 0 Å². The highest BCUT2D eigenvalue weighted by molar-refractivity contribution is 5.63. The number of nitrogens with one attached hydrogen (secondary N) is 1. The van der Waals surface area contributed by atoms with Crippen LogP contribution in [0.1, 0.15) is 36.1 Å². The van der Waals surface area contributed by atoms with E-state index in [9.17, 15) is 0 Å². The predicted octanol–water partition coefficient (Wildman–Crippen LogP) is 5.61. The summed E-state index contributed by atoms with van der Waals surface area (Å²) in [4.78, 5) is 9.38. The molecule has 0 bridgehead atoms. The first kappa shape index (κ1) is 17.8. The molecule has 1 aliphatic heterocycles. The van der Waals surface area contributed by atoms with E-state index in [1.165, 1.54) is 5.56 Å². The van der Waals surface area contributed by atoms with E-state index >= 15 is 0 Å². The van der Waals surface area contributed by atoms with E-state index in [4.69, 9.17) is 9.40 Å². The van der Waals surface area contributed by atoms with Gasteiger partial charge in [0.2, 0.25) is 5.89 Å². The lowest BCUT2D eigenvalue weighted by Gasteiger charge is -2.29. The van der Waals surface area contributed by atoms with Gasteiger partial charge in [-0.05, 0) is 42.7 Å². The number of oxazole rings is 1. The molecule has 3 heterocycles. The number of aromatic nitrogens is 2. The fourth-order valence-corrected chi connectivity index (χ4v) is 4.05. The van der Waals surface area contributed by atoms with Crippen LogP contribution in [0.2, 0.25) is 0 Å². The average molecular weight is 381 g/mol. The van der Waals surface area contributed by atoms with E-state index < -0.39 is 0 Å². The van der Waals surface area contributed by atoms with E-state index in [1.54, 1.807) is 6.20 Å². The monoisotopic (exact) mass is 381 g/mol. The quantitative estimate of drug-likeness (QED) is 0.499. The zero-order valence-electron chi connectivity index (χ0n) is 16.2. The highest BCUT2D eigenvalue weighted by Gasteiger charge is 2.29. The molecule has 5 rings (SSSR count). The molecule has 1 saturated heterocycles. The lowest BCUT2D eigenvalue weighted by Crippen LogP contribution is -2.32. The second kappa shape index (κ2) is 8.02. The van der Waals surface area contributed by atoms with Crippen molar-refractivity contribution in [2.24, 2.45) is 0 Å². The second-order valence-electron chi connectivity index (χ2n) is 7.46. The van der Waals surface area contributed by atoms with Gasteiger partial charge in [-0.15, -0.1) is 0 Å². The maximum absolute atomic E-state index is 6.34. The minimum Gasteiger partial charge on any atom is -0.440 e. The minimum absolute atomic E-state index is 0.275. The van der Waals surface area contributed by atoms with Crippen LogP contribution in [0.15, 0.2) is 89.5 Å². The van der Waals surface area contributed by atoms with Crippen LogP contribution in [0.3, 0.4) is 0 Å². The maximum Gasteiger partial charge on any atom is 0.226 e. The number of pyridine rings is 1. The van der Waals surface area contributed by atoms with Crippen LogP contribution in [0.5, 0.6) is 0 Å². The number of hydrogen-bond acceptors (Lipinski definition) is 4. The van der Waals surface area contributed by atoms with Crippen LogP contribution >= 0.6 is 0 Å². The Kier molecular flexibility index (Phi) is 4.93. The molecular formula is C25H23N3O. The lowest BCUT2D eigenvalue weighted by molar-refractivity contribution is 0.338. The first-order valence-electron chi connectivity index (χ1n) is 10.1. The summed E-state index contributed by atoms with van der Waals surface area (Å²) in [6.07, 6.45) is 3.92. The molecule has 4 aromatic rings. The van der Waals surface area contributed by atoms with Crippen molar-refractivity contribution in [1.82, 2.24) is 15.3 Å². The normalized spacial score (nSPS) is 19.2. The highest BCUT2D eigenvalue weighted by atomic mass is 16.4. The second-order valence-corrected chi connectivity index (χ2v) is 7.46. The SMILES string of the molecule is c1ccc(-c2nc(-c3ccccn3)c(C3CCC(c4ccccc4)NC3)o2)cc1. The summed E-state index contributed by atoms with van der Waals surface area (Å²) in [6.45, 7) is 0.864. The minimum atomic E-state index is 0.275. The fraction of sp³-hybridized carbons (Fsp3) is 0.200. The smallest absolute Gasteiger partial charge is 0.226 e. The molecule has 0 aliphatic carbocycles.